The normalized spacial score (nSPS) is 21.4. The van der Waals surface area contributed by atoms with E-state index in [4.69, 9.17) is 25.0 Å². The van der Waals surface area contributed by atoms with E-state index in [-0.39, 0.29) is 35.7 Å². The maximum Gasteiger partial charge on any atom is 0.490 e. The van der Waals surface area contributed by atoms with Crippen molar-refractivity contribution in [2.75, 3.05) is 13.2 Å². The van der Waals surface area contributed by atoms with E-state index in [1.54, 1.807) is 19.9 Å². The van der Waals surface area contributed by atoms with Gasteiger partial charge in [-0.1, -0.05) is 25.7 Å². The Labute approximate surface area is 264 Å². The minimum atomic E-state index is -5.78. The van der Waals surface area contributed by atoms with Crippen molar-refractivity contribution in [3.8, 4) is 11.8 Å². The van der Waals surface area contributed by atoms with Gasteiger partial charge in [-0.15, -0.1) is 0 Å². The average Bonchev–Trinajstić information content (AvgIpc) is 3.29. The van der Waals surface area contributed by atoms with Crippen molar-refractivity contribution in [1.29, 1.82) is 0 Å². The summed E-state index contributed by atoms with van der Waals surface area (Å²) in [6, 6.07) is 4.30. The second-order valence-electron chi connectivity index (χ2n) is 10.2. The molecule has 2 aromatic rings. The van der Waals surface area contributed by atoms with Gasteiger partial charge in [-0.3, -0.25) is 29.0 Å². The van der Waals surface area contributed by atoms with Gasteiger partial charge in [-0.05, 0) is 18.1 Å². The predicted octanol–water partition coefficient (Wildman–Crippen LogP) is 0.661. The number of aliphatic hydroxyl groups excluding tert-OH is 1. The van der Waals surface area contributed by atoms with Crippen LogP contribution in [0.3, 0.4) is 0 Å². The number of ether oxygens (including phenoxy) is 2. The van der Waals surface area contributed by atoms with Crippen molar-refractivity contribution in [2.45, 2.75) is 51.4 Å². The maximum absolute atomic E-state index is 12.6. The molecule has 260 valence electrons. The molecule has 6 atom stereocenters. The molecule has 0 aliphatic carbocycles. The number of aromatic amines is 1. The van der Waals surface area contributed by atoms with Gasteiger partial charge in [-0.25, -0.2) is 18.5 Å². The van der Waals surface area contributed by atoms with Crippen molar-refractivity contribution in [1.82, 2.24) is 9.55 Å². The lowest BCUT2D eigenvalue weighted by Gasteiger charge is -2.22. The quantitative estimate of drug-likeness (QED) is 0.0608. The summed E-state index contributed by atoms with van der Waals surface area (Å²) in [6.45, 7) is 2.10. The first-order valence-electron chi connectivity index (χ1n) is 13.3. The first kappa shape index (κ1) is 38.6. The molecule has 1 aromatic carbocycles. The number of benzene rings is 1. The zero-order valence-electron chi connectivity index (χ0n) is 24.5. The molecule has 1 aliphatic heterocycles. The monoisotopic (exact) mass is 728 g/mol. The number of H-pyrrole nitrogens is 1. The van der Waals surface area contributed by atoms with Crippen LogP contribution in [0.5, 0.6) is 0 Å². The average molecular weight is 728 g/mol. The number of aliphatic hydroxyl groups is 1. The Morgan fingerprint density at radius 3 is 2.45 bits per heavy atom. The summed E-state index contributed by atoms with van der Waals surface area (Å²) in [4.78, 5) is 74.7. The molecule has 47 heavy (non-hydrogen) atoms. The summed E-state index contributed by atoms with van der Waals surface area (Å²) < 4.78 is 58.3. The summed E-state index contributed by atoms with van der Waals surface area (Å²) in [7, 11) is -16.9. The number of nitrogens with zero attached hydrogens (tertiary/aromatic N) is 2. The van der Waals surface area contributed by atoms with Crippen LogP contribution in [-0.4, -0.2) is 64.5 Å². The molecule has 0 spiro atoms. The standard InChI is InChI=1S/C23H31N4O17P3/c1-13(2)21(16-6-5-14(4-3-7-24)8-17(16)27(31)32)40-11-15-10-26(23(30)25-22(15)29)20-9-18(28)19(42-20)12-41-46(36,37)44-47(38,39)43-45(33,34)35/h5-6,8,10,13,18-21,28H,7,9,11-12,24H2,1-2H3,(H,36,37)(H,38,39)(H,25,29,30)(H2,33,34,35)/t18?,19-,20-,21?/m1/s1. The van der Waals surface area contributed by atoms with E-state index in [2.05, 4.69) is 30.0 Å². The summed E-state index contributed by atoms with van der Waals surface area (Å²) in [5.41, 5.74) is 3.71. The van der Waals surface area contributed by atoms with Crippen molar-refractivity contribution < 1.29 is 65.9 Å². The minimum absolute atomic E-state index is 0.0531. The zero-order valence-corrected chi connectivity index (χ0v) is 27.2. The van der Waals surface area contributed by atoms with E-state index in [0.717, 1.165) is 10.8 Å². The fraction of sp³-hybridized carbons (Fsp3) is 0.478. The van der Waals surface area contributed by atoms with Gasteiger partial charge >= 0.3 is 29.2 Å². The van der Waals surface area contributed by atoms with Gasteiger partial charge in [0.05, 0.1) is 48.0 Å². The number of rotatable bonds is 14. The number of hydrogen-bond donors (Lipinski definition) is 7. The van der Waals surface area contributed by atoms with E-state index in [0.29, 0.717) is 5.56 Å². The van der Waals surface area contributed by atoms with E-state index >= 15 is 0 Å². The summed E-state index contributed by atoms with van der Waals surface area (Å²) in [5, 5.41) is 22.2. The SMILES string of the molecule is CC(C)C(OCc1cn([C@H]2CC(O)[C@@H](COP(=O)(O)OP(=O)(O)OP(=O)(O)O)O2)c(=O)[nH]c1=O)c1ccc(C#CCN)cc1[N+](=O)[O-]. The van der Waals surface area contributed by atoms with E-state index < -0.39 is 77.4 Å². The molecule has 3 rings (SSSR count). The number of hydrogen-bond acceptors (Lipinski definition) is 14. The number of nitro benzene ring substituents is 1. The summed E-state index contributed by atoms with van der Waals surface area (Å²) >= 11 is 0. The third kappa shape index (κ3) is 11.1. The third-order valence-corrected chi connectivity index (χ3v) is 10.1. The second kappa shape index (κ2) is 15.6. The van der Waals surface area contributed by atoms with Crippen LogP contribution < -0.4 is 17.0 Å². The lowest BCUT2D eigenvalue weighted by Crippen LogP contribution is -2.34. The zero-order chi connectivity index (χ0) is 35.3. The number of nitrogens with two attached hydrogens (primary N) is 1. The van der Waals surface area contributed by atoms with Crippen LogP contribution in [0.2, 0.25) is 0 Å². The molecule has 0 radical (unpaired) electrons. The lowest BCUT2D eigenvalue weighted by molar-refractivity contribution is -0.386. The Morgan fingerprint density at radius 1 is 1.17 bits per heavy atom. The highest BCUT2D eigenvalue weighted by Crippen LogP contribution is 2.66. The van der Waals surface area contributed by atoms with Crippen LogP contribution in [0.1, 0.15) is 49.3 Å². The van der Waals surface area contributed by atoms with Crippen LogP contribution in [0.25, 0.3) is 0 Å². The van der Waals surface area contributed by atoms with Crippen molar-refractivity contribution >= 4 is 29.2 Å². The molecule has 1 aromatic heterocycles. The molecule has 8 N–H and O–H groups in total. The molecule has 1 fully saturated rings. The van der Waals surface area contributed by atoms with Gasteiger partial charge in [0, 0.05) is 24.2 Å². The van der Waals surface area contributed by atoms with Gasteiger partial charge < -0.3 is 39.9 Å². The largest absolute Gasteiger partial charge is 0.490 e. The fourth-order valence-electron chi connectivity index (χ4n) is 4.34. The smallest absolute Gasteiger partial charge is 0.390 e. The fourth-order valence-corrected chi connectivity index (χ4v) is 7.37. The number of aromatic nitrogens is 2. The molecule has 24 heteroatoms. The summed E-state index contributed by atoms with van der Waals surface area (Å²) in [5.74, 6) is 5.00. The molecule has 2 heterocycles. The van der Waals surface area contributed by atoms with E-state index in [1.807, 2.05) is 0 Å². The molecule has 4 unspecified atom stereocenters. The summed E-state index contributed by atoms with van der Waals surface area (Å²) in [6.07, 6.45) is -4.35. The van der Waals surface area contributed by atoms with Crippen LogP contribution in [0.4, 0.5) is 5.69 Å². The van der Waals surface area contributed by atoms with E-state index in [9.17, 15) is 48.3 Å². The van der Waals surface area contributed by atoms with Crippen molar-refractivity contribution in [3.05, 3.63) is 72.0 Å². The topological polar surface area (TPSA) is 323 Å². The van der Waals surface area contributed by atoms with Gasteiger partial charge in [0.1, 0.15) is 12.3 Å². The Balaban J connectivity index is 1.76. The first-order chi connectivity index (χ1) is 21.7. The molecule has 0 saturated carbocycles. The Morgan fingerprint density at radius 2 is 1.85 bits per heavy atom. The van der Waals surface area contributed by atoms with Crippen molar-refractivity contribution in [3.63, 3.8) is 0 Å². The molecule has 21 nitrogen and oxygen atoms in total. The third-order valence-electron chi connectivity index (χ3n) is 6.27. The van der Waals surface area contributed by atoms with Crippen LogP contribution in [0.15, 0.2) is 34.0 Å². The molecular weight excluding hydrogens is 697 g/mol. The molecular formula is C23H31N4O17P3. The predicted molar refractivity (Wildman–Crippen MR) is 157 cm³/mol. The second-order valence-corrected chi connectivity index (χ2v) is 14.6. The molecule has 1 saturated heterocycles. The number of phosphoric acid groups is 3. The first-order valence-corrected chi connectivity index (χ1v) is 17.8. The van der Waals surface area contributed by atoms with Crippen LogP contribution in [0, 0.1) is 27.9 Å². The minimum Gasteiger partial charge on any atom is -0.390 e. The Kier molecular flexibility index (Phi) is 12.8. The van der Waals surface area contributed by atoms with Gasteiger partial charge in [0.2, 0.25) is 0 Å². The highest BCUT2D eigenvalue weighted by Gasteiger charge is 2.43. The van der Waals surface area contributed by atoms with E-state index in [1.165, 1.54) is 12.1 Å². The van der Waals surface area contributed by atoms with Gasteiger partial charge in [0.25, 0.3) is 11.2 Å². The maximum atomic E-state index is 12.6. The number of nitro groups is 1. The molecule has 0 amide bonds. The van der Waals surface area contributed by atoms with Crippen LogP contribution in [-0.2, 0) is 42.9 Å². The van der Waals surface area contributed by atoms with Gasteiger partial charge in [0.15, 0.2) is 0 Å². The van der Waals surface area contributed by atoms with Crippen LogP contribution >= 0.6 is 23.5 Å². The molecule has 0 bridgehead atoms. The highest BCUT2D eigenvalue weighted by molar-refractivity contribution is 7.66. The lowest BCUT2D eigenvalue weighted by atomic mass is 9.96. The number of phosphoric ester groups is 1. The Bertz CT molecular complexity index is 1790. The highest BCUT2D eigenvalue weighted by atomic mass is 31.3. The molecule has 1 aliphatic rings. The number of nitrogens with one attached hydrogen (secondary N) is 1. The van der Waals surface area contributed by atoms with Gasteiger partial charge in [-0.2, -0.15) is 8.62 Å². The van der Waals surface area contributed by atoms with Crippen molar-refractivity contribution in [2.24, 2.45) is 11.7 Å². The Hall–Kier alpha value is -2.89.